The predicted octanol–water partition coefficient (Wildman–Crippen LogP) is 2.33. The number of fused-ring (bicyclic) bond motifs is 1. The van der Waals surface area contributed by atoms with Crippen LogP contribution in [0.1, 0.15) is 10.4 Å². The third kappa shape index (κ3) is 2.19. The van der Waals surface area contributed by atoms with Crippen molar-refractivity contribution in [2.24, 2.45) is 0 Å². The minimum atomic E-state index is -4.21. The number of aryl methyl sites for hydroxylation is 1. The summed E-state index contributed by atoms with van der Waals surface area (Å²) in [7, 11) is -1.80. The van der Waals surface area contributed by atoms with Gasteiger partial charge in [-0.2, -0.15) is 0 Å². The third-order valence-electron chi connectivity index (χ3n) is 3.07. The van der Waals surface area contributed by atoms with Crippen LogP contribution in [0.4, 0.5) is 13.2 Å². The first-order valence-electron chi connectivity index (χ1n) is 5.49. The zero-order valence-electron chi connectivity index (χ0n) is 9.96. The molecule has 1 aromatic carbocycles. The molecule has 1 unspecified atom stereocenters. The van der Waals surface area contributed by atoms with Crippen LogP contribution in [-0.4, -0.2) is 0 Å². The van der Waals surface area contributed by atoms with Gasteiger partial charge in [-0.1, -0.05) is 18.2 Å². The van der Waals surface area contributed by atoms with Crippen molar-refractivity contribution in [3.05, 3.63) is 52.9 Å². The Kier molecular flexibility index (Phi) is 3.49. The largest absolute Gasteiger partial charge is 1.00 e. The third-order valence-corrected chi connectivity index (χ3v) is 5.12. The van der Waals surface area contributed by atoms with Gasteiger partial charge < -0.3 is 12.4 Å². The molecule has 3 rings (SSSR count). The van der Waals surface area contributed by atoms with Gasteiger partial charge in [0.1, 0.15) is 10.5 Å². The van der Waals surface area contributed by atoms with Gasteiger partial charge in [0.2, 0.25) is 0 Å². The highest BCUT2D eigenvalue weighted by molar-refractivity contribution is 7.39. The van der Waals surface area contributed by atoms with Gasteiger partial charge >= 0.3 is 5.51 Å². The molecule has 0 radical (unpaired) electrons. The Hall–Kier alpha value is -1.26. The van der Waals surface area contributed by atoms with Crippen LogP contribution in [0.3, 0.4) is 0 Å². The van der Waals surface area contributed by atoms with Crippen LogP contribution in [0, 0.1) is 6.92 Å². The molecule has 2 aromatic rings. The molecule has 1 heterocycles. The lowest BCUT2D eigenvalue weighted by molar-refractivity contribution is -0.0866. The summed E-state index contributed by atoms with van der Waals surface area (Å²) in [5, 5.41) is 0.731. The van der Waals surface area contributed by atoms with E-state index in [1.54, 1.807) is 36.4 Å². The van der Waals surface area contributed by atoms with Gasteiger partial charge in [0.15, 0.2) is 9.58 Å². The summed E-state index contributed by atoms with van der Waals surface area (Å²) in [6.45, 7) is 1.85. The Labute approximate surface area is 117 Å². The van der Waals surface area contributed by atoms with Crippen LogP contribution in [0.2, 0.25) is 0 Å². The molecule has 0 saturated carbocycles. The van der Waals surface area contributed by atoms with Crippen molar-refractivity contribution < 1.29 is 25.6 Å². The van der Waals surface area contributed by atoms with E-state index in [0.717, 1.165) is 10.9 Å². The molecular weight excluding hydrogens is 293 g/mol. The molecule has 0 spiro atoms. The minimum absolute atomic E-state index is 0. The summed E-state index contributed by atoms with van der Waals surface area (Å²) in [5.41, 5.74) is -2.62. The lowest BCUT2D eigenvalue weighted by atomic mass is 10.1. The van der Waals surface area contributed by atoms with E-state index >= 15 is 0 Å². The van der Waals surface area contributed by atoms with Crippen LogP contribution in [0.25, 0.3) is 15.7 Å². The number of rotatable bonds is 1. The van der Waals surface area contributed by atoms with Gasteiger partial charge in [0, 0.05) is 17.0 Å². The second kappa shape index (κ2) is 4.69. The van der Waals surface area contributed by atoms with Crippen LogP contribution >= 0.6 is 10.5 Å². The van der Waals surface area contributed by atoms with E-state index in [-0.39, 0.29) is 12.4 Å². The first-order valence-corrected chi connectivity index (χ1v) is 6.72. The second-order valence-corrected chi connectivity index (χ2v) is 6.18. The molecule has 1 aliphatic carbocycles. The molecule has 0 nitrogen and oxygen atoms in total. The molecule has 5 heteroatoms. The number of hydrogen-bond donors (Lipinski definition) is 0. The lowest BCUT2D eigenvalue weighted by Crippen LogP contribution is -3.00. The maximum absolute atomic E-state index is 13.3. The van der Waals surface area contributed by atoms with E-state index in [1.165, 1.54) is 0 Å². The Morgan fingerprint density at radius 3 is 2.37 bits per heavy atom. The topological polar surface area (TPSA) is 0 Å². The van der Waals surface area contributed by atoms with E-state index in [1.807, 2.05) is 13.0 Å². The Bertz CT molecular complexity index is 693. The van der Waals surface area contributed by atoms with Gasteiger partial charge in [-0.05, 0) is 30.7 Å². The first-order chi connectivity index (χ1) is 8.48. The summed E-state index contributed by atoms with van der Waals surface area (Å²) in [4.78, 5) is 0.398. The fourth-order valence-electron chi connectivity index (χ4n) is 2.13. The molecule has 100 valence electrons. The zero-order valence-corrected chi connectivity index (χ0v) is 11.5. The number of halogens is 4. The molecule has 0 fully saturated rings. The van der Waals surface area contributed by atoms with Gasteiger partial charge in [0.05, 0.1) is 0 Å². The molecule has 1 atom stereocenters. The van der Waals surface area contributed by atoms with Gasteiger partial charge in [-0.15, -0.1) is 13.2 Å². The fourth-order valence-corrected chi connectivity index (χ4v) is 4.13. The van der Waals surface area contributed by atoms with Gasteiger partial charge in [0.25, 0.3) is 0 Å². The monoisotopic (exact) mass is 302 g/mol. The molecule has 0 N–H and O–H groups in total. The lowest BCUT2D eigenvalue weighted by Gasteiger charge is -2.04. The van der Waals surface area contributed by atoms with E-state index in [9.17, 15) is 13.2 Å². The Morgan fingerprint density at radius 2 is 1.84 bits per heavy atom. The number of thiophene rings is 1. The smallest absolute Gasteiger partial charge is 0.601 e. The molecule has 0 amide bonds. The fraction of sp³-hybridized carbons (Fsp3) is 0.143. The summed E-state index contributed by atoms with van der Waals surface area (Å²) in [5.74, 6) is 0. The molecule has 1 aromatic heterocycles. The summed E-state index contributed by atoms with van der Waals surface area (Å²) >= 11 is 0. The van der Waals surface area contributed by atoms with Crippen LogP contribution in [0.15, 0.2) is 42.5 Å². The number of benzene rings is 1. The zero-order chi connectivity index (χ0) is 12.9. The van der Waals surface area contributed by atoms with Crippen molar-refractivity contribution in [1.82, 2.24) is 0 Å². The Morgan fingerprint density at radius 1 is 1.16 bits per heavy atom. The van der Waals surface area contributed by atoms with Gasteiger partial charge in [-0.25, -0.2) is 0 Å². The van der Waals surface area contributed by atoms with E-state index in [0.29, 0.717) is 15.2 Å². The van der Waals surface area contributed by atoms with Crippen molar-refractivity contribution in [2.75, 3.05) is 0 Å². The molecule has 0 aliphatic heterocycles. The summed E-state index contributed by atoms with van der Waals surface area (Å²) in [6.07, 6.45) is 5.24. The molecular formula is C14H10ClF3S. The van der Waals surface area contributed by atoms with Crippen molar-refractivity contribution in [3.8, 4) is 0 Å². The predicted molar refractivity (Wildman–Crippen MR) is 69.6 cm³/mol. The maximum atomic E-state index is 13.3. The standard InChI is InChI=1S/C14H10F3S.ClH/c1-9-4-2-7-12-11(9)8-13(10-5-3-6-10)18(12)14(15,16)17;/h2-8H,1H3;1H/q+1;/p-1. The highest BCUT2D eigenvalue weighted by Gasteiger charge is 2.48. The van der Waals surface area contributed by atoms with Crippen LogP contribution in [-0.2, 0) is 5.51 Å². The van der Waals surface area contributed by atoms with Crippen molar-refractivity contribution in [3.63, 3.8) is 0 Å². The van der Waals surface area contributed by atoms with E-state index < -0.39 is 16.0 Å². The first kappa shape index (κ1) is 14.2. The number of hydrogen-bond acceptors (Lipinski definition) is 0. The second-order valence-electron chi connectivity index (χ2n) is 4.23. The number of alkyl halides is 3. The maximum Gasteiger partial charge on any atom is 0.601 e. The van der Waals surface area contributed by atoms with E-state index in [4.69, 9.17) is 0 Å². The average molecular weight is 303 g/mol. The quantitative estimate of drug-likeness (QED) is 0.709. The van der Waals surface area contributed by atoms with Crippen molar-refractivity contribution in [2.45, 2.75) is 12.4 Å². The molecule has 0 saturated heterocycles. The summed E-state index contributed by atoms with van der Waals surface area (Å²) < 4.78 is 40.2. The number of allylic oxidation sites excluding steroid dienone is 4. The van der Waals surface area contributed by atoms with Crippen LogP contribution in [0.5, 0.6) is 0 Å². The van der Waals surface area contributed by atoms with Crippen molar-refractivity contribution in [1.29, 1.82) is 0 Å². The normalized spacial score (nSPS) is 14.9. The summed E-state index contributed by atoms with van der Waals surface area (Å²) in [6, 6.07) is 6.82. The molecule has 1 aliphatic rings. The van der Waals surface area contributed by atoms with Gasteiger partial charge in [-0.3, -0.25) is 0 Å². The van der Waals surface area contributed by atoms with E-state index in [2.05, 4.69) is 0 Å². The van der Waals surface area contributed by atoms with Crippen LogP contribution < -0.4 is 12.4 Å². The molecule has 19 heavy (non-hydrogen) atoms. The Balaban J connectivity index is 0.00000133. The van der Waals surface area contributed by atoms with Crippen molar-refractivity contribution >= 4 is 26.1 Å². The minimum Gasteiger partial charge on any atom is -1.00 e. The molecule has 0 bridgehead atoms. The SMILES string of the molecule is Cc1cccc2c1cc(C1=CC=C1)[s+]2C(F)(F)F.[Cl-]. The highest BCUT2D eigenvalue weighted by atomic mass is 35.5. The average Bonchev–Trinajstić information content (AvgIpc) is 2.54. The highest BCUT2D eigenvalue weighted by Crippen LogP contribution is 2.54.